The van der Waals surface area contributed by atoms with Gasteiger partial charge in [-0.05, 0) is 25.2 Å². The van der Waals surface area contributed by atoms with Crippen LogP contribution in [-0.4, -0.2) is 47.9 Å². The lowest BCUT2D eigenvalue weighted by molar-refractivity contribution is -0.151. The van der Waals surface area contributed by atoms with E-state index in [0.29, 0.717) is 6.54 Å². The number of rotatable bonds is 5. The minimum absolute atomic E-state index is 0.00709. The summed E-state index contributed by atoms with van der Waals surface area (Å²) in [6, 6.07) is 0. The average Bonchev–Trinajstić information content (AvgIpc) is 3.03. The van der Waals surface area contributed by atoms with Gasteiger partial charge in [0, 0.05) is 13.6 Å². The molecule has 0 aromatic heterocycles. The molecular weight excluding hydrogens is 260 g/mol. The number of fused-ring (bicyclic) bond motifs is 2. The third-order valence-corrected chi connectivity index (χ3v) is 4.34. The van der Waals surface area contributed by atoms with E-state index in [1.54, 1.807) is 6.92 Å². The molecule has 20 heavy (non-hydrogen) atoms. The molecule has 2 rings (SSSR count). The van der Waals surface area contributed by atoms with E-state index in [1.807, 2.05) is 12.2 Å². The number of amides is 2. The molecular formula is C14H20N2O4. The molecule has 0 spiro atoms. The molecule has 2 amide bonds. The number of hydrogen-bond donors (Lipinski definition) is 2. The lowest BCUT2D eigenvalue weighted by atomic mass is 9.82. The first-order valence-corrected chi connectivity index (χ1v) is 6.90. The van der Waals surface area contributed by atoms with Gasteiger partial charge in [0.05, 0.1) is 18.4 Å². The maximum absolute atomic E-state index is 12.6. The Bertz CT molecular complexity index is 460. The molecule has 0 heterocycles. The Morgan fingerprint density at radius 3 is 2.35 bits per heavy atom. The van der Waals surface area contributed by atoms with Crippen molar-refractivity contribution in [3.63, 3.8) is 0 Å². The van der Waals surface area contributed by atoms with Crippen molar-refractivity contribution in [3.05, 3.63) is 12.2 Å². The Morgan fingerprint density at radius 2 is 1.85 bits per heavy atom. The van der Waals surface area contributed by atoms with Crippen LogP contribution in [0.3, 0.4) is 0 Å². The van der Waals surface area contributed by atoms with E-state index in [2.05, 4.69) is 5.32 Å². The maximum Gasteiger partial charge on any atom is 0.307 e. The van der Waals surface area contributed by atoms with Gasteiger partial charge in [0.1, 0.15) is 0 Å². The van der Waals surface area contributed by atoms with Crippen LogP contribution < -0.4 is 5.32 Å². The fourth-order valence-corrected chi connectivity index (χ4v) is 3.30. The zero-order chi connectivity index (χ0) is 14.9. The molecule has 110 valence electrons. The summed E-state index contributed by atoms with van der Waals surface area (Å²) in [5.41, 5.74) is 0. The molecule has 6 heteroatoms. The third-order valence-electron chi connectivity index (χ3n) is 4.34. The summed E-state index contributed by atoms with van der Waals surface area (Å²) < 4.78 is 0. The lowest BCUT2D eigenvalue weighted by Gasteiger charge is -2.29. The predicted molar refractivity (Wildman–Crippen MR) is 71.7 cm³/mol. The van der Waals surface area contributed by atoms with Crippen molar-refractivity contribution in [2.75, 3.05) is 20.1 Å². The highest BCUT2D eigenvalue weighted by Gasteiger charge is 2.52. The van der Waals surface area contributed by atoms with E-state index in [9.17, 15) is 19.5 Å². The Labute approximate surface area is 117 Å². The van der Waals surface area contributed by atoms with Crippen LogP contribution >= 0.6 is 0 Å². The van der Waals surface area contributed by atoms with Crippen molar-refractivity contribution < 1.29 is 19.5 Å². The minimum Gasteiger partial charge on any atom is -0.481 e. The number of carbonyl (C=O) groups excluding carboxylic acids is 2. The van der Waals surface area contributed by atoms with Gasteiger partial charge in [0.15, 0.2) is 0 Å². The second-order valence-corrected chi connectivity index (χ2v) is 5.36. The van der Waals surface area contributed by atoms with Crippen LogP contribution in [0.5, 0.6) is 0 Å². The third kappa shape index (κ3) is 2.42. The number of nitrogens with zero attached hydrogens (tertiary/aromatic N) is 1. The predicted octanol–water partition coefficient (Wildman–Crippen LogP) is 0.104. The van der Waals surface area contributed by atoms with Crippen LogP contribution in [-0.2, 0) is 14.4 Å². The van der Waals surface area contributed by atoms with Crippen molar-refractivity contribution in [1.29, 1.82) is 0 Å². The standard InChI is InChI=1S/C14H20N2O4/c1-3-16(7-10(17)15-2)13(18)11-8-4-5-9(6-8)12(11)14(19)20/h4-5,8-9,11-12H,3,6-7H2,1-2H3,(H,15,17)(H,19,20). The van der Waals surface area contributed by atoms with Gasteiger partial charge in [0.25, 0.3) is 0 Å². The normalized spacial score (nSPS) is 30.3. The van der Waals surface area contributed by atoms with Crippen molar-refractivity contribution >= 4 is 17.8 Å². The molecule has 2 aliphatic rings. The van der Waals surface area contributed by atoms with Crippen LogP contribution in [0.4, 0.5) is 0 Å². The Balaban J connectivity index is 2.16. The summed E-state index contributed by atoms with van der Waals surface area (Å²) in [5, 5.41) is 11.8. The quantitative estimate of drug-likeness (QED) is 0.699. The minimum atomic E-state index is -0.920. The fraction of sp³-hybridized carbons (Fsp3) is 0.643. The van der Waals surface area contributed by atoms with Gasteiger partial charge in [0.2, 0.25) is 11.8 Å². The van der Waals surface area contributed by atoms with Crippen molar-refractivity contribution in [2.24, 2.45) is 23.7 Å². The largest absolute Gasteiger partial charge is 0.481 e. The van der Waals surface area contributed by atoms with Gasteiger partial charge in [-0.3, -0.25) is 14.4 Å². The van der Waals surface area contributed by atoms with Gasteiger partial charge < -0.3 is 15.3 Å². The van der Waals surface area contributed by atoms with Crippen LogP contribution in [0.25, 0.3) is 0 Å². The molecule has 6 nitrogen and oxygen atoms in total. The van der Waals surface area contributed by atoms with E-state index >= 15 is 0 Å². The molecule has 2 aliphatic carbocycles. The summed E-state index contributed by atoms with van der Waals surface area (Å²) in [7, 11) is 1.51. The molecule has 0 aromatic rings. The maximum atomic E-state index is 12.6. The second kappa shape index (κ2) is 5.64. The summed E-state index contributed by atoms with van der Waals surface area (Å²) in [6.45, 7) is 2.17. The molecule has 0 aliphatic heterocycles. The van der Waals surface area contributed by atoms with Crippen molar-refractivity contribution in [1.82, 2.24) is 10.2 Å². The first-order chi connectivity index (χ1) is 9.49. The summed E-state index contributed by atoms with van der Waals surface area (Å²) in [5.74, 6) is -2.64. The molecule has 0 aromatic carbocycles. The van der Waals surface area contributed by atoms with Gasteiger partial charge in [-0.25, -0.2) is 0 Å². The molecule has 1 saturated carbocycles. The molecule has 0 radical (unpaired) electrons. The van der Waals surface area contributed by atoms with Crippen LogP contribution in [0.1, 0.15) is 13.3 Å². The summed E-state index contributed by atoms with van der Waals surface area (Å²) >= 11 is 0. The number of carboxylic acid groups (broad SMARTS) is 1. The SMILES string of the molecule is CCN(CC(=O)NC)C(=O)C1C2C=CC(C2)C1C(=O)O. The van der Waals surface area contributed by atoms with Gasteiger partial charge in [-0.2, -0.15) is 0 Å². The van der Waals surface area contributed by atoms with Gasteiger partial charge >= 0.3 is 5.97 Å². The smallest absolute Gasteiger partial charge is 0.307 e. The molecule has 2 N–H and O–H groups in total. The highest BCUT2D eigenvalue weighted by molar-refractivity contribution is 5.90. The Morgan fingerprint density at radius 1 is 1.25 bits per heavy atom. The van der Waals surface area contributed by atoms with Gasteiger partial charge in [-0.15, -0.1) is 0 Å². The van der Waals surface area contributed by atoms with Crippen molar-refractivity contribution in [2.45, 2.75) is 13.3 Å². The number of carbonyl (C=O) groups is 3. The fourth-order valence-electron chi connectivity index (χ4n) is 3.30. The van der Waals surface area contributed by atoms with E-state index in [0.717, 1.165) is 6.42 Å². The molecule has 2 bridgehead atoms. The zero-order valence-corrected chi connectivity index (χ0v) is 11.7. The number of likely N-dealkylation sites (N-methyl/N-ethyl adjacent to an activating group) is 2. The van der Waals surface area contributed by atoms with E-state index in [4.69, 9.17) is 0 Å². The average molecular weight is 280 g/mol. The van der Waals surface area contributed by atoms with E-state index in [1.165, 1.54) is 11.9 Å². The van der Waals surface area contributed by atoms with Crippen LogP contribution in [0.15, 0.2) is 12.2 Å². The second-order valence-electron chi connectivity index (χ2n) is 5.36. The van der Waals surface area contributed by atoms with Crippen LogP contribution in [0, 0.1) is 23.7 Å². The van der Waals surface area contributed by atoms with E-state index < -0.39 is 17.8 Å². The first-order valence-electron chi connectivity index (χ1n) is 6.90. The number of hydrogen-bond acceptors (Lipinski definition) is 3. The highest BCUT2D eigenvalue weighted by Crippen LogP contribution is 2.48. The molecule has 1 fully saturated rings. The molecule has 0 saturated heterocycles. The number of carboxylic acids is 1. The Hall–Kier alpha value is -1.85. The molecule has 4 atom stereocenters. The van der Waals surface area contributed by atoms with Gasteiger partial charge in [-0.1, -0.05) is 12.2 Å². The zero-order valence-electron chi connectivity index (χ0n) is 11.7. The monoisotopic (exact) mass is 280 g/mol. The Kier molecular flexibility index (Phi) is 4.11. The van der Waals surface area contributed by atoms with Crippen molar-refractivity contribution in [3.8, 4) is 0 Å². The lowest BCUT2D eigenvalue weighted by Crippen LogP contribution is -2.46. The topological polar surface area (TPSA) is 86.7 Å². The summed E-state index contributed by atoms with van der Waals surface area (Å²) in [6.07, 6.45) is 4.58. The van der Waals surface area contributed by atoms with E-state index in [-0.39, 0.29) is 30.2 Å². The first kappa shape index (κ1) is 14.6. The highest BCUT2D eigenvalue weighted by atomic mass is 16.4. The number of allylic oxidation sites excluding steroid dienone is 2. The number of aliphatic carboxylic acids is 1. The summed E-state index contributed by atoms with van der Waals surface area (Å²) in [4.78, 5) is 36.9. The van der Waals surface area contributed by atoms with Crippen LogP contribution in [0.2, 0.25) is 0 Å². The number of nitrogens with one attached hydrogen (secondary N) is 1. The molecule has 4 unspecified atom stereocenters.